The molecule has 0 amide bonds. The Bertz CT molecular complexity index is 282. The molecule has 0 atom stereocenters. The summed E-state index contributed by atoms with van der Waals surface area (Å²) in [6.45, 7) is 3.94. The first kappa shape index (κ1) is 9.19. The molecule has 5 heteroatoms. The zero-order valence-corrected chi connectivity index (χ0v) is 8.09. The summed E-state index contributed by atoms with van der Waals surface area (Å²) < 4.78 is 6.54. The molecule has 12 heavy (non-hydrogen) atoms. The molecule has 1 aromatic heterocycles. The second-order valence-electron chi connectivity index (χ2n) is 2.75. The Kier molecular flexibility index (Phi) is 2.47. The molecular formula is C7H12ClN3O. The van der Waals surface area contributed by atoms with Crippen LogP contribution in [0.4, 0.5) is 5.69 Å². The summed E-state index contributed by atoms with van der Waals surface area (Å²) in [5.74, 6) is 0.383. The summed E-state index contributed by atoms with van der Waals surface area (Å²) in [6.07, 6.45) is 0. The van der Waals surface area contributed by atoms with E-state index in [0.29, 0.717) is 16.7 Å². The number of nitrogens with zero attached hydrogens (tertiary/aromatic N) is 2. The average Bonchev–Trinajstić information content (AvgIpc) is 2.30. The molecule has 0 aliphatic rings. The van der Waals surface area contributed by atoms with Crippen molar-refractivity contribution in [1.29, 1.82) is 0 Å². The van der Waals surface area contributed by atoms with Crippen molar-refractivity contribution in [3.63, 3.8) is 0 Å². The van der Waals surface area contributed by atoms with Crippen LogP contribution in [-0.4, -0.2) is 16.9 Å². The Morgan fingerprint density at radius 3 is 2.42 bits per heavy atom. The standard InChI is InChI=1S/C7H12ClN3O/c1-4(2)11-6(8)5(9)7(10-11)12-3/h4H,9H2,1-3H3. The number of hydrogen-bond donors (Lipinski definition) is 1. The highest BCUT2D eigenvalue weighted by atomic mass is 35.5. The molecule has 0 aromatic carbocycles. The van der Waals surface area contributed by atoms with Gasteiger partial charge in [-0.1, -0.05) is 11.6 Å². The van der Waals surface area contributed by atoms with E-state index in [2.05, 4.69) is 5.10 Å². The van der Waals surface area contributed by atoms with Crippen molar-refractivity contribution >= 4 is 17.3 Å². The summed E-state index contributed by atoms with van der Waals surface area (Å²) in [5.41, 5.74) is 6.01. The highest BCUT2D eigenvalue weighted by Crippen LogP contribution is 2.30. The summed E-state index contributed by atoms with van der Waals surface area (Å²) >= 11 is 5.88. The number of halogens is 1. The van der Waals surface area contributed by atoms with Crippen molar-refractivity contribution in [2.75, 3.05) is 12.8 Å². The predicted molar refractivity (Wildman–Crippen MR) is 48.6 cm³/mol. The van der Waals surface area contributed by atoms with Crippen LogP contribution in [0.5, 0.6) is 5.88 Å². The maximum absolute atomic E-state index is 5.88. The molecule has 2 N–H and O–H groups in total. The van der Waals surface area contributed by atoms with Crippen molar-refractivity contribution < 1.29 is 4.74 Å². The number of methoxy groups -OCH3 is 1. The van der Waals surface area contributed by atoms with Crippen LogP contribution in [0.1, 0.15) is 19.9 Å². The first-order valence-electron chi connectivity index (χ1n) is 3.65. The largest absolute Gasteiger partial charge is 0.478 e. The minimum absolute atomic E-state index is 0.184. The van der Waals surface area contributed by atoms with Gasteiger partial charge in [-0.15, -0.1) is 5.10 Å². The highest BCUT2D eigenvalue weighted by Gasteiger charge is 2.15. The van der Waals surface area contributed by atoms with Crippen LogP contribution >= 0.6 is 11.6 Å². The van der Waals surface area contributed by atoms with E-state index >= 15 is 0 Å². The minimum atomic E-state index is 0.184. The highest BCUT2D eigenvalue weighted by molar-refractivity contribution is 6.32. The number of nitrogens with two attached hydrogens (primary N) is 1. The maximum atomic E-state index is 5.88. The Morgan fingerprint density at radius 2 is 2.17 bits per heavy atom. The van der Waals surface area contributed by atoms with E-state index in [9.17, 15) is 0 Å². The Hall–Kier alpha value is -0.900. The normalized spacial score (nSPS) is 10.8. The molecule has 0 fully saturated rings. The number of rotatable bonds is 2. The smallest absolute Gasteiger partial charge is 0.257 e. The molecular weight excluding hydrogens is 178 g/mol. The topological polar surface area (TPSA) is 53.1 Å². The van der Waals surface area contributed by atoms with Gasteiger partial charge in [0.25, 0.3) is 5.88 Å². The molecule has 0 radical (unpaired) electrons. The quantitative estimate of drug-likeness (QED) is 0.771. The molecule has 68 valence electrons. The lowest BCUT2D eigenvalue weighted by Crippen LogP contribution is -2.02. The van der Waals surface area contributed by atoms with E-state index < -0.39 is 0 Å². The molecule has 1 rings (SSSR count). The third-order valence-electron chi connectivity index (χ3n) is 1.53. The van der Waals surface area contributed by atoms with Crippen molar-refractivity contribution in [3.05, 3.63) is 5.15 Å². The monoisotopic (exact) mass is 189 g/mol. The van der Waals surface area contributed by atoms with Crippen LogP contribution in [0.2, 0.25) is 5.15 Å². The first-order valence-corrected chi connectivity index (χ1v) is 4.03. The lowest BCUT2D eigenvalue weighted by molar-refractivity contribution is 0.384. The summed E-state index contributed by atoms with van der Waals surface area (Å²) in [4.78, 5) is 0. The molecule has 0 aliphatic heterocycles. The Balaban J connectivity index is 3.16. The van der Waals surface area contributed by atoms with Gasteiger partial charge >= 0.3 is 0 Å². The number of hydrogen-bond acceptors (Lipinski definition) is 3. The van der Waals surface area contributed by atoms with Crippen molar-refractivity contribution in [3.8, 4) is 5.88 Å². The van der Waals surface area contributed by atoms with E-state index in [4.69, 9.17) is 22.1 Å². The van der Waals surface area contributed by atoms with Crippen LogP contribution in [-0.2, 0) is 0 Å². The van der Waals surface area contributed by atoms with Gasteiger partial charge in [0, 0.05) is 6.04 Å². The number of aromatic nitrogens is 2. The van der Waals surface area contributed by atoms with Gasteiger partial charge in [0.05, 0.1) is 7.11 Å². The van der Waals surface area contributed by atoms with Crippen molar-refractivity contribution in [2.45, 2.75) is 19.9 Å². The van der Waals surface area contributed by atoms with Crippen LogP contribution in [0.25, 0.3) is 0 Å². The zero-order chi connectivity index (χ0) is 9.30. The third kappa shape index (κ3) is 1.34. The van der Waals surface area contributed by atoms with E-state index in [1.54, 1.807) is 4.68 Å². The van der Waals surface area contributed by atoms with Gasteiger partial charge in [-0.2, -0.15) is 0 Å². The van der Waals surface area contributed by atoms with Gasteiger partial charge in [-0.05, 0) is 13.8 Å². The van der Waals surface area contributed by atoms with Gasteiger partial charge in [0.2, 0.25) is 0 Å². The van der Waals surface area contributed by atoms with Gasteiger partial charge < -0.3 is 10.5 Å². The lowest BCUT2D eigenvalue weighted by Gasteiger charge is -2.04. The second-order valence-corrected chi connectivity index (χ2v) is 3.11. The fourth-order valence-corrected chi connectivity index (χ4v) is 1.21. The molecule has 0 saturated carbocycles. The van der Waals surface area contributed by atoms with Gasteiger partial charge in [-0.25, -0.2) is 4.68 Å². The first-order chi connectivity index (χ1) is 5.57. The molecule has 0 aliphatic carbocycles. The van der Waals surface area contributed by atoms with E-state index in [0.717, 1.165) is 0 Å². The van der Waals surface area contributed by atoms with Crippen LogP contribution in [0.15, 0.2) is 0 Å². The van der Waals surface area contributed by atoms with E-state index in [1.807, 2.05) is 13.8 Å². The fourth-order valence-electron chi connectivity index (χ4n) is 0.900. The molecule has 0 bridgehead atoms. The van der Waals surface area contributed by atoms with Crippen LogP contribution in [0.3, 0.4) is 0 Å². The Morgan fingerprint density at radius 1 is 1.58 bits per heavy atom. The van der Waals surface area contributed by atoms with Crippen molar-refractivity contribution in [2.24, 2.45) is 0 Å². The van der Waals surface area contributed by atoms with Gasteiger partial charge in [0.15, 0.2) is 5.15 Å². The fraction of sp³-hybridized carbons (Fsp3) is 0.571. The molecule has 4 nitrogen and oxygen atoms in total. The molecule has 1 heterocycles. The molecule has 0 saturated heterocycles. The average molecular weight is 190 g/mol. The number of ether oxygens (including phenoxy) is 1. The summed E-state index contributed by atoms with van der Waals surface area (Å²) in [5, 5.41) is 4.50. The zero-order valence-electron chi connectivity index (χ0n) is 7.34. The third-order valence-corrected chi connectivity index (χ3v) is 1.91. The van der Waals surface area contributed by atoms with E-state index in [-0.39, 0.29) is 6.04 Å². The summed E-state index contributed by atoms with van der Waals surface area (Å²) in [7, 11) is 1.51. The Labute approximate surface area is 76.3 Å². The predicted octanol–water partition coefficient (Wildman–Crippen LogP) is 1.71. The lowest BCUT2D eigenvalue weighted by atomic mass is 10.4. The van der Waals surface area contributed by atoms with Crippen LogP contribution in [0, 0.1) is 0 Å². The van der Waals surface area contributed by atoms with Crippen LogP contribution < -0.4 is 10.5 Å². The number of nitrogen functional groups attached to an aromatic ring is 1. The number of anilines is 1. The molecule has 0 unspecified atom stereocenters. The molecule has 1 aromatic rings. The van der Waals surface area contributed by atoms with Gasteiger partial charge in [0.1, 0.15) is 5.69 Å². The van der Waals surface area contributed by atoms with E-state index in [1.165, 1.54) is 7.11 Å². The maximum Gasteiger partial charge on any atom is 0.257 e. The van der Waals surface area contributed by atoms with Crippen molar-refractivity contribution in [1.82, 2.24) is 9.78 Å². The minimum Gasteiger partial charge on any atom is -0.478 e. The second kappa shape index (κ2) is 3.23. The SMILES string of the molecule is COc1nn(C(C)C)c(Cl)c1N. The van der Waals surface area contributed by atoms with Gasteiger partial charge in [-0.3, -0.25) is 0 Å². The molecule has 0 spiro atoms. The summed E-state index contributed by atoms with van der Waals surface area (Å²) in [6, 6.07) is 0.184.